The first-order chi connectivity index (χ1) is 5.97. The minimum absolute atomic E-state index is 0.124. The summed E-state index contributed by atoms with van der Waals surface area (Å²) in [5, 5.41) is 18.8. The molecule has 0 fully saturated rings. The summed E-state index contributed by atoms with van der Waals surface area (Å²) in [7, 11) is 0. The molecule has 74 valence electrons. The van der Waals surface area contributed by atoms with Crippen molar-refractivity contribution in [1.29, 1.82) is 0 Å². The number of nitrogens with one attached hydrogen (secondary N) is 1. The molecule has 0 aliphatic heterocycles. The Balaban J connectivity index is 4.18. The molecule has 0 aromatic rings. The largest absolute Gasteiger partial charge is 0.480 e. The number of hydrogen-bond donors (Lipinski definition) is 3. The number of aliphatic carboxylic acids is 1. The predicted molar refractivity (Wildman–Crippen MR) is 42.7 cm³/mol. The first-order valence-corrected chi connectivity index (χ1v) is 3.46. The fourth-order valence-electron chi connectivity index (χ4n) is 0.710. The second-order valence-electron chi connectivity index (χ2n) is 2.43. The number of carbonyl (C=O) groups excluding carboxylic acids is 1. The van der Waals surface area contributed by atoms with Crippen molar-refractivity contribution in [2.24, 2.45) is 0 Å². The van der Waals surface area contributed by atoms with Gasteiger partial charge < -0.3 is 15.3 Å². The molecule has 0 rings (SSSR count). The number of carbonyl (C=O) groups is 2. The second-order valence-corrected chi connectivity index (χ2v) is 2.43. The van der Waals surface area contributed by atoms with Crippen LogP contribution in [0.2, 0.25) is 0 Å². The Morgan fingerprint density at radius 1 is 1.62 bits per heavy atom. The Morgan fingerprint density at radius 2 is 2.15 bits per heavy atom. The maximum Gasteiger partial charge on any atom is 0.326 e. The lowest BCUT2D eigenvalue weighted by Crippen LogP contribution is -2.39. The van der Waals surface area contributed by atoms with Gasteiger partial charge in [-0.3, -0.25) is 4.79 Å². The molecule has 0 aliphatic carbocycles. The first kappa shape index (κ1) is 11.4. The van der Waals surface area contributed by atoms with Crippen LogP contribution < -0.4 is 5.32 Å². The van der Waals surface area contributed by atoms with Crippen molar-refractivity contribution in [3.8, 4) is 0 Å². The molecule has 1 atom stereocenters. The summed E-state index contributed by atoms with van der Waals surface area (Å²) in [6, 6.07) is -1.13. The van der Waals surface area contributed by atoms with Gasteiger partial charge in [-0.2, -0.15) is 0 Å². The number of rotatable bonds is 5. The molecule has 0 aromatic carbocycles. The van der Waals surface area contributed by atoms with Gasteiger partial charge in [0.2, 0.25) is 5.91 Å². The van der Waals surface area contributed by atoms with E-state index in [-0.39, 0.29) is 12.2 Å². The van der Waals surface area contributed by atoms with Crippen LogP contribution in [-0.2, 0) is 14.5 Å². The van der Waals surface area contributed by atoms with E-state index in [0.29, 0.717) is 0 Å². The predicted octanol–water partition coefficient (Wildman–Crippen LogP) is -0.0309. The van der Waals surface area contributed by atoms with Crippen LogP contribution in [0.15, 0.2) is 12.3 Å². The molecule has 3 N–H and O–H groups in total. The van der Waals surface area contributed by atoms with Crippen molar-refractivity contribution in [2.45, 2.75) is 19.4 Å². The highest BCUT2D eigenvalue weighted by Gasteiger charge is 2.19. The Morgan fingerprint density at radius 3 is 2.46 bits per heavy atom. The number of carboxylic acid groups (broad SMARTS) is 1. The van der Waals surface area contributed by atoms with Gasteiger partial charge in [0.1, 0.15) is 11.8 Å². The van der Waals surface area contributed by atoms with Gasteiger partial charge in [0.25, 0.3) is 0 Å². The van der Waals surface area contributed by atoms with Crippen molar-refractivity contribution in [3.63, 3.8) is 0 Å². The van der Waals surface area contributed by atoms with Gasteiger partial charge in [0.15, 0.2) is 0 Å². The molecule has 0 saturated heterocycles. The maximum absolute atomic E-state index is 10.5. The summed E-state index contributed by atoms with van der Waals surface area (Å²) < 4.78 is 0. The molecule has 0 aliphatic rings. The fraction of sp³-hybridized carbons (Fsp3) is 0.429. The quantitative estimate of drug-likeness (QED) is 0.320. The number of hydrogen-bond acceptors (Lipinski definition) is 4. The van der Waals surface area contributed by atoms with E-state index < -0.39 is 17.9 Å². The molecule has 0 heterocycles. The van der Waals surface area contributed by atoms with Crippen LogP contribution in [0.3, 0.4) is 0 Å². The van der Waals surface area contributed by atoms with Crippen LogP contribution >= 0.6 is 0 Å². The van der Waals surface area contributed by atoms with Crippen LogP contribution in [0, 0.1) is 0 Å². The van der Waals surface area contributed by atoms with Gasteiger partial charge in [-0.1, -0.05) is 6.58 Å². The van der Waals surface area contributed by atoms with Crippen LogP contribution in [0.4, 0.5) is 0 Å². The molecule has 0 aromatic heterocycles. The lowest BCUT2D eigenvalue weighted by molar-refractivity contribution is -0.206. The molecule has 0 radical (unpaired) electrons. The lowest BCUT2D eigenvalue weighted by Gasteiger charge is -2.12. The molecule has 0 bridgehead atoms. The summed E-state index contributed by atoms with van der Waals surface area (Å²) >= 11 is 0. The SMILES string of the molecule is C=C(CC(NC(C)=O)C(=O)O)OO. The van der Waals surface area contributed by atoms with Crippen LogP contribution in [0.5, 0.6) is 0 Å². The van der Waals surface area contributed by atoms with E-state index in [1.54, 1.807) is 0 Å². The molecule has 6 nitrogen and oxygen atoms in total. The summed E-state index contributed by atoms with van der Waals surface area (Å²) in [4.78, 5) is 24.7. The molecule has 13 heavy (non-hydrogen) atoms. The van der Waals surface area contributed by atoms with E-state index in [9.17, 15) is 9.59 Å². The molecule has 6 heteroatoms. The standard InChI is InChI=1S/C7H11NO5/c1-4(13-12)3-6(7(10)11)8-5(2)9/h6,12H,1,3H2,2H3,(H,8,9)(H,10,11). The average molecular weight is 189 g/mol. The first-order valence-electron chi connectivity index (χ1n) is 3.46. The van der Waals surface area contributed by atoms with E-state index in [4.69, 9.17) is 10.4 Å². The zero-order valence-electron chi connectivity index (χ0n) is 7.11. The van der Waals surface area contributed by atoms with E-state index in [1.807, 2.05) is 0 Å². The third-order valence-electron chi connectivity index (χ3n) is 1.24. The van der Waals surface area contributed by atoms with Crippen molar-refractivity contribution >= 4 is 11.9 Å². The molecule has 0 spiro atoms. The Labute approximate surface area is 74.7 Å². The zero-order chi connectivity index (χ0) is 10.4. The van der Waals surface area contributed by atoms with E-state index in [1.165, 1.54) is 6.92 Å². The van der Waals surface area contributed by atoms with Crippen LogP contribution in [0.25, 0.3) is 0 Å². The third-order valence-corrected chi connectivity index (χ3v) is 1.24. The summed E-state index contributed by atoms with van der Waals surface area (Å²) in [5.74, 6) is -1.81. The van der Waals surface area contributed by atoms with Gasteiger partial charge in [0.05, 0.1) is 0 Å². The third kappa shape index (κ3) is 4.81. The molecule has 0 saturated carbocycles. The van der Waals surface area contributed by atoms with Crippen molar-refractivity contribution < 1.29 is 24.8 Å². The molecule has 1 unspecified atom stereocenters. The van der Waals surface area contributed by atoms with Crippen LogP contribution in [-0.4, -0.2) is 28.3 Å². The maximum atomic E-state index is 10.5. The van der Waals surface area contributed by atoms with Crippen LogP contribution in [0.1, 0.15) is 13.3 Å². The Kier molecular flexibility index (Phi) is 4.53. The van der Waals surface area contributed by atoms with E-state index in [2.05, 4.69) is 16.8 Å². The van der Waals surface area contributed by atoms with E-state index in [0.717, 1.165) is 0 Å². The van der Waals surface area contributed by atoms with Crippen molar-refractivity contribution in [3.05, 3.63) is 12.3 Å². The van der Waals surface area contributed by atoms with Gasteiger partial charge in [-0.05, 0) is 0 Å². The molecular weight excluding hydrogens is 178 g/mol. The highest BCUT2D eigenvalue weighted by molar-refractivity contribution is 5.82. The smallest absolute Gasteiger partial charge is 0.326 e. The highest BCUT2D eigenvalue weighted by Crippen LogP contribution is 2.03. The zero-order valence-corrected chi connectivity index (χ0v) is 7.11. The molecule has 1 amide bonds. The van der Waals surface area contributed by atoms with Crippen molar-refractivity contribution in [2.75, 3.05) is 0 Å². The Hall–Kier alpha value is -1.56. The van der Waals surface area contributed by atoms with Gasteiger partial charge in [-0.15, -0.1) is 0 Å². The summed E-state index contributed by atoms with van der Waals surface area (Å²) in [5.41, 5.74) is 0. The van der Waals surface area contributed by atoms with Gasteiger partial charge in [-0.25, -0.2) is 10.1 Å². The fourth-order valence-corrected chi connectivity index (χ4v) is 0.710. The summed E-state index contributed by atoms with van der Waals surface area (Å²) in [6.45, 7) is 4.41. The average Bonchev–Trinajstić information content (AvgIpc) is 2.02. The number of amides is 1. The topological polar surface area (TPSA) is 95.9 Å². The Bertz CT molecular complexity index is 225. The summed E-state index contributed by atoms with van der Waals surface area (Å²) in [6.07, 6.45) is -0.175. The minimum Gasteiger partial charge on any atom is -0.480 e. The highest BCUT2D eigenvalue weighted by atomic mass is 17.1. The lowest BCUT2D eigenvalue weighted by atomic mass is 10.2. The second kappa shape index (κ2) is 5.15. The minimum atomic E-state index is -1.21. The van der Waals surface area contributed by atoms with Gasteiger partial charge >= 0.3 is 5.97 Å². The monoisotopic (exact) mass is 189 g/mol. The normalized spacial score (nSPS) is 11.5. The number of carboxylic acids is 1. The van der Waals surface area contributed by atoms with Crippen molar-refractivity contribution in [1.82, 2.24) is 5.32 Å². The van der Waals surface area contributed by atoms with E-state index >= 15 is 0 Å². The molecular formula is C7H11NO5. The van der Waals surface area contributed by atoms with Gasteiger partial charge in [0, 0.05) is 13.3 Å².